The number of para-hydroxylation sites is 2. The normalized spacial score (nSPS) is 16.5. The summed E-state index contributed by atoms with van der Waals surface area (Å²) in [5, 5.41) is 2.64. The van der Waals surface area contributed by atoms with Gasteiger partial charge in [0.1, 0.15) is 16.5 Å². The van der Waals surface area contributed by atoms with E-state index in [1.807, 2.05) is 64.5 Å². The Bertz CT molecular complexity index is 970. The Labute approximate surface area is 167 Å². The summed E-state index contributed by atoms with van der Waals surface area (Å²) in [7, 11) is 1.64. The standard InChI is InChI=1S/C21H20N2O2S2/c1-14-11-23(17-8-4-6-10-19(17)26-12-14)21(24)16-13-27-20(22-16)15-7-3-5-9-18(15)25-2/h3-10,13-14H,11-12H2,1-2H3. The summed E-state index contributed by atoms with van der Waals surface area (Å²) in [5.74, 6) is 2.13. The van der Waals surface area contributed by atoms with Gasteiger partial charge < -0.3 is 9.64 Å². The lowest BCUT2D eigenvalue weighted by Crippen LogP contribution is -2.34. The number of aromatic nitrogens is 1. The lowest BCUT2D eigenvalue weighted by molar-refractivity contribution is 0.0980. The predicted octanol–water partition coefficient (Wildman–Crippen LogP) is 5.21. The molecule has 0 aliphatic carbocycles. The predicted molar refractivity (Wildman–Crippen MR) is 112 cm³/mol. The van der Waals surface area contributed by atoms with Crippen molar-refractivity contribution in [2.24, 2.45) is 5.92 Å². The van der Waals surface area contributed by atoms with Crippen molar-refractivity contribution in [1.29, 1.82) is 0 Å². The molecule has 4 nitrogen and oxygen atoms in total. The van der Waals surface area contributed by atoms with Crippen molar-refractivity contribution >= 4 is 34.7 Å². The summed E-state index contributed by atoms with van der Waals surface area (Å²) in [6.07, 6.45) is 0. The van der Waals surface area contributed by atoms with Gasteiger partial charge >= 0.3 is 0 Å². The molecule has 27 heavy (non-hydrogen) atoms. The second-order valence-electron chi connectivity index (χ2n) is 6.54. The average molecular weight is 397 g/mol. The molecule has 3 aromatic rings. The van der Waals surface area contributed by atoms with E-state index in [2.05, 4.69) is 18.0 Å². The first-order valence-electron chi connectivity index (χ1n) is 8.80. The molecule has 6 heteroatoms. The smallest absolute Gasteiger partial charge is 0.277 e. The molecular formula is C21H20N2O2S2. The van der Waals surface area contributed by atoms with Gasteiger partial charge in [0.2, 0.25) is 0 Å². The third kappa shape index (κ3) is 3.59. The van der Waals surface area contributed by atoms with Crippen LogP contribution in [0, 0.1) is 5.92 Å². The zero-order valence-electron chi connectivity index (χ0n) is 15.2. The fraction of sp³-hybridized carbons (Fsp3) is 0.238. The van der Waals surface area contributed by atoms with E-state index in [-0.39, 0.29) is 5.91 Å². The molecule has 2 heterocycles. The number of hydrogen-bond acceptors (Lipinski definition) is 5. The molecule has 0 saturated carbocycles. The lowest BCUT2D eigenvalue weighted by Gasteiger charge is -2.23. The number of anilines is 1. The van der Waals surface area contributed by atoms with Crippen LogP contribution in [0.3, 0.4) is 0 Å². The molecule has 1 aliphatic rings. The number of ether oxygens (including phenoxy) is 1. The number of thioether (sulfide) groups is 1. The van der Waals surface area contributed by atoms with E-state index in [9.17, 15) is 4.79 Å². The Balaban J connectivity index is 1.68. The molecule has 1 aromatic heterocycles. The minimum atomic E-state index is -0.0470. The highest BCUT2D eigenvalue weighted by molar-refractivity contribution is 7.99. The summed E-state index contributed by atoms with van der Waals surface area (Å²) >= 11 is 3.28. The van der Waals surface area contributed by atoms with E-state index in [1.165, 1.54) is 11.3 Å². The monoisotopic (exact) mass is 396 g/mol. The number of thiazole rings is 1. The maximum atomic E-state index is 13.3. The maximum absolute atomic E-state index is 13.3. The van der Waals surface area contributed by atoms with Crippen molar-refractivity contribution in [2.75, 3.05) is 24.3 Å². The average Bonchev–Trinajstić information content (AvgIpc) is 3.13. The number of benzene rings is 2. The van der Waals surface area contributed by atoms with Gasteiger partial charge in [-0.2, -0.15) is 0 Å². The molecule has 0 N–H and O–H groups in total. The van der Waals surface area contributed by atoms with Gasteiger partial charge in [-0.1, -0.05) is 31.2 Å². The SMILES string of the molecule is COc1ccccc1-c1nc(C(=O)N2CC(C)CSc3ccccc32)cs1. The summed E-state index contributed by atoms with van der Waals surface area (Å²) in [6, 6.07) is 15.9. The van der Waals surface area contributed by atoms with Crippen molar-refractivity contribution in [3.63, 3.8) is 0 Å². The van der Waals surface area contributed by atoms with E-state index in [0.717, 1.165) is 32.7 Å². The van der Waals surface area contributed by atoms with Crippen molar-refractivity contribution in [2.45, 2.75) is 11.8 Å². The number of methoxy groups -OCH3 is 1. The summed E-state index contributed by atoms with van der Waals surface area (Å²) in [5.41, 5.74) is 2.36. The Kier molecular flexibility index (Phi) is 5.18. The summed E-state index contributed by atoms with van der Waals surface area (Å²) < 4.78 is 5.43. The Hall–Kier alpha value is -2.31. The van der Waals surface area contributed by atoms with Crippen LogP contribution >= 0.6 is 23.1 Å². The van der Waals surface area contributed by atoms with Crippen LogP contribution in [-0.4, -0.2) is 30.3 Å². The van der Waals surface area contributed by atoms with Gasteiger partial charge in [0.15, 0.2) is 0 Å². The van der Waals surface area contributed by atoms with E-state index in [1.54, 1.807) is 7.11 Å². The van der Waals surface area contributed by atoms with Crippen LogP contribution in [0.4, 0.5) is 5.69 Å². The number of nitrogens with zero attached hydrogens (tertiary/aromatic N) is 2. The molecule has 4 rings (SSSR count). The van der Waals surface area contributed by atoms with Crippen molar-refractivity contribution in [3.05, 3.63) is 59.6 Å². The number of rotatable bonds is 3. The highest BCUT2D eigenvalue weighted by Gasteiger charge is 2.27. The van der Waals surface area contributed by atoms with E-state index in [0.29, 0.717) is 18.2 Å². The van der Waals surface area contributed by atoms with E-state index in [4.69, 9.17) is 4.74 Å². The molecule has 138 valence electrons. The van der Waals surface area contributed by atoms with Gasteiger partial charge in [0, 0.05) is 22.6 Å². The van der Waals surface area contributed by atoms with Gasteiger partial charge in [0.05, 0.1) is 18.4 Å². The Morgan fingerprint density at radius 1 is 1.19 bits per heavy atom. The van der Waals surface area contributed by atoms with E-state index >= 15 is 0 Å². The van der Waals surface area contributed by atoms with Crippen molar-refractivity contribution < 1.29 is 9.53 Å². The first kappa shape index (κ1) is 18.1. The number of amides is 1. The fourth-order valence-corrected chi connectivity index (χ4v) is 5.04. The highest BCUT2D eigenvalue weighted by Crippen LogP contribution is 2.37. The number of hydrogen-bond donors (Lipinski definition) is 0. The summed E-state index contributed by atoms with van der Waals surface area (Å²) in [4.78, 5) is 20.9. The van der Waals surface area contributed by atoms with Crippen LogP contribution in [0.1, 0.15) is 17.4 Å². The van der Waals surface area contributed by atoms with Crippen molar-refractivity contribution in [1.82, 2.24) is 4.98 Å². The largest absolute Gasteiger partial charge is 0.496 e. The summed E-state index contributed by atoms with van der Waals surface area (Å²) in [6.45, 7) is 2.88. The van der Waals surface area contributed by atoms with E-state index < -0.39 is 0 Å². The fourth-order valence-electron chi connectivity index (χ4n) is 3.14. The van der Waals surface area contributed by atoms with Crippen LogP contribution < -0.4 is 9.64 Å². The second-order valence-corrected chi connectivity index (χ2v) is 8.46. The molecule has 1 atom stereocenters. The number of fused-ring (bicyclic) bond motifs is 1. The lowest BCUT2D eigenvalue weighted by atomic mass is 10.1. The van der Waals surface area contributed by atoms with Gasteiger partial charge in [-0.15, -0.1) is 23.1 Å². The molecule has 2 aromatic carbocycles. The molecule has 1 unspecified atom stereocenters. The molecule has 0 bridgehead atoms. The molecule has 0 saturated heterocycles. The number of carbonyl (C=O) groups is 1. The number of carbonyl (C=O) groups excluding carboxylic acids is 1. The Morgan fingerprint density at radius 3 is 2.81 bits per heavy atom. The Morgan fingerprint density at radius 2 is 1.96 bits per heavy atom. The first-order chi connectivity index (χ1) is 13.2. The molecular weight excluding hydrogens is 376 g/mol. The highest BCUT2D eigenvalue weighted by atomic mass is 32.2. The molecule has 0 radical (unpaired) electrons. The van der Waals surface area contributed by atoms with Crippen LogP contribution in [-0.2, 0) is 0 Å². The second kappa shape index (κ2) is 7.74. The first-order valence-corrected chi connectivity index (χ1v) is 10.7. The topological polar surface area (TPSA) is 42.4 Å². The maximum Gasteiger partial charge on any atom is 0.277 e. The van der Waals surface area contributed by atoms with Crippen LogP contribution in [0.5, 0.6) is 5.75 Å². The minimum Gasteiger partial charge on any atom is -0.496 e. The molecule has 1 amide bonds. The third-order valence-corrected chi connectivity index (χ3v) is 6.75. The molecule has 0 fully saturated rings. The van der Waals surface area contributed by atoms with Gasteiger partial charge in [0.25, 0.3) is 5.91 Å². The third-order valence-electron chi connectivity index (χ3n) is 4.48. The van der Waals surface area contributed by atoms with Crippen LogP contribution in [0.15, 0.2) is 58.8 Å². The van der Waals surface area contributed by atoms with Crippen molar-refractivity contribution in [3.8, 4) is 16.3 Å². The van der Waals surface area contributed by atoms with Gasteiger partial charge in [-0.25, -0.2) is 4.98 Å². The molecule has 1 aliphatic heterocycles. The zero-order chi connectivity index (χ0) is 18.8. The quantitative estimate of drug-likeness (QED) is 0.610. The van der Waals surface area contributed by atoms with Gasteiger partial charge in [-0.05, 0) is 30.2 Å². The van der Waals surface area contributed by atoms with Crippen LogP contribution in [0.25, 0.3) is 10.6 Å². The minimum absolute atomic E-state index is 0.0470. The van der Waals surface area contributed by atoms with Crippen LogP contribution in [0.2, 0.25) is 0 Å². The molecule has 0 spiro atoms. The van der Waals surface area contributed by atoms with Gasteiger partial charge in [-0.3, -0.25) is 4.79 Å². The zero-order valence-corrected chi connectivity index (χ0v) is 16.8.